The fourth-order valence-electron chi connectivity index (χ4n) is 4.51. The van der Waals surface area contributed by atoms with E-state index in [4.69, 9.17) is 24.7 Å². The SMILES string of the molecule is CC1CCc2c(sc3ncnc(Nc4ccc(N)c(C=N)c4)c23)C1.COP(Oc1ccccc1)Oc1ccccc1. The van der Waals surface area contributed by atoms with Crippen molar-refractivity contribution in [2.45, 2.75) is 26.2 Å². The topological polar surface area (TPSA) is 115 Å². The zero-order chi connectivity index (χ0) is 28.6. The Kier molecular flexibility index (Phi) is 9.41. The summed E-state index contributed by atoms with van der Waals surface area (Å²) in [6.45, 7) is 2.31. The lowest BCUT2D eigenvalue weighted by molar-refractivity contribution is 0.323. The van der Waals surface area contributed by atoms with E-state index in [1.807, 2.05) is 78.9 Å². The van der Waals surface area contributed by atoms with Crippen molar-refractivity contribution in [3.8, 4) is 11.5 Å². The van der Waals surface area contributed by atoms with Crippen LogP contribution in [0.5, 0.6) is 11.5 Å². The van der Waals surface area contributed by atoms with Gasteiger partial charge in [0.05, 0.1) is 5.39 Å². The predicted octanol–water partition coefficient (Wildman–Crippen LogP) is 8.16. The van der Waals surface area contributed by atoms with Crippen LogP contribution in [0.4, 0.5) is 17.2 Å². The first-order chi connectivity index (χ1) is 20.0. The Balaban J connectivity index is 0.000000175. The van der Waals surface area contributed by atoms with Crippen molar-refractivity contribution in [2.75, 3.05) is 18.2 Å². The summed E-state index contributed by atoms with van der Waals surface area (Å²) < 4.78 is 16.4. The number of aromatic nitrogens is 2. The molecule has 10 heteroatoms. The van der Waals surface area contributed by atoms with Crippen LogP contribution in [0.15, 0.2) is 85.2 Å². The van der Waals surface area contributed by atoms with Crippen LogP contribution >= 0.6 is 19.9 Å². The largest absolute Gasteiger partial charge is 0.462 e. The number of hydrogen-bond donors (Lipinski definition) is 3. The Morgan fingerprint density at radius 3 is 2.32 bits per heavy atom. The van der Waals surface area contributed by atoms with Crippen molar-refractivity contribution in [3.63, 3.8) is 0 Å². The second-order valence-corrected chi connectivity index (χ2v) is 11.8. The highest BCUT2D eigenvalue weighted by atomic mass is 32.1. The second-order valence-electron chi connectivity index (χ2n) is 9.58. The molecule has 210 valence electrons. The molecule has 0 aliphatic heterocycles. The molecule has 0 bridgehead atoms. The molecule has 3 aromatic carbocycles. The smallest absolute Gasteiger partial charge is 0.418 e. The van der Waals surface area contributed by atoms with Crippen LogP contribution in [0.1, 0.15) is 29.3 Å². The first-order valence-corrected chi connectivity index (χ1v) is 15.2. The fraction of sp³-hybridized carbons (Fsp3) is 0.194. The number of nitrogen functional groups attached to an aromatic ring is 1. The Bertz CT molecular complexity index is 1560. The van der Waals surface area contributed by atoms with Crippen LogP contribution in [-0.4, -0.2) is 23.3 Å². The standard InChI is InChI=1S/C18H19N5S.C13H13O3P/c1-10-2-4-13-15(6-10)24-18-16(13)17(21-9-22-18)23-12-3-5-14(20)11(7-12)8-19;1-14-17(15-12-8-4-2-5-9-12)16-13-10-6-3-7-11-13/h3,5,7-10,19H,2,4,6,20H2,1H3,(H,21,22,23);2-11H,1H3. The fourth-order valence-corrected chi connectivity index (χ4v) is 6.64. The highest BCUT2D eigenvalue weighted by Gasteiger charge is 2.23. The van der Waals surface area contributed by atoms with Crippen molar-refractivity contribution >= 4 is 53.6 Å². The van der Waals surface area contributed by atoms with Gasteiger partial charge >= 0.3 is 8.60 Å². The molecule has 1 aliphatic rings. The molecule has 41 heavy (non-hydrogen) atoms. The number of nitrogens with two attached hydrogens (primary N) is 1. The third-order valence-electron chi connectivity index (χ3n) is 6.59. The van der Waals surface area contributed by atoms with Gasteiger partial charge < -0.3 is 25.5 Å². The van der Waals surface area contributed by atoms with E-state index >= 15 is 0 Å². The molecular weight excluding hydrogens is 553 g/mol. The van der Waals surface area contributed by atoms with Gasteiger partial charge in [-0.25, -0.2) is 9.97 Å². The van der Waals surface area contributed by atoms with Crippen LogP contribution in [0, 0.1) is 11.3 Å². The third kappa shape index (κ3) is 7.19. The monoisotopic (exact) mass is 585 g/mol. The maximum atomic E-state index is 7.45. The average molecular weight is 586 g/mol. The van der Waals surface area contributed by atoms with E-state index in [0.717, 1.165) is 52.0 Å². The number of para-hydroxylation sites is 2. The number of nitrogens with one attached hydrogen (secondary N) is 2. The highest BCUT2D eigenvalue weighted by molar-refractivity contribution is 7.42. The molecule has 0 spiro atoms. The number of benzene rings is 3. The number of aryl methyl sites for hydroxylation is 1. The molecule has 2 heterocycles. The summed E-state index contributed by atoms with van der Waals surface area (Å²) in [5.74, 6) is 3.04. The predicted molar refractivity (Wildman–Crippen MR) is 169 cm³/mol. The molecule has 4 N–H and O–H groups in total. The van der Waals surface area contributed by atoms with Crippen molar-refractivity contribution < 1.29 is 13.6 Å². The van der Waals surface area contributed by atoms with Gasteiger partial charge in [0.25, 0.3) is 0 Å². The van der Waals surface area contributed by atoms with Crippen LogP contribution in [0.3, 0.4) is 0 Å². The number of fused-ring (bicyclic) bond motifs is 3. The van der Waals surface area contributed by atoms with Gasteiger partial charge in [0, 0.05) is 35.1 Å². The molecule has 2 aromatic heterocycles. The molecule has 5 aromatic rings. The van der Waals surface area contributed by atoms with Gasteiger partial charge in [0.1, 0.15) is 28.5 Å². The molecule has 0 saturated heterocycles. The first kappa shape index (κ1) is 28.5. The number of thiophene rings is 1. The minimum Gasteiger partial charge on any atom is -0.418 e. The van der Waals surface area contributed by atoms with E-state index in [9.17, 15) is 0 Å². The highest BCUT2D eigenvalue weighted by Crippen LogP contribution is 2.41. The average Bonchev–Trinajstić information content (AvgIpc) is 3.37. The van der Waals surface area contributed by atoms with Gasteiger partial charge in [-0.05, 0) is 73.2 Å². The molecule has 1 unspecified atom stereocenters. The van der Waals surface area contributed by atoms with Crippen LogP contribution in [0.2, 0.25) is 0 Å². The van der Waals surface area contributed by atoms with Crippen molar-refractivity contribution in [3.05, 3.63) is 101 Å². The minimum absolute atomic E-state index is 0.602. The maximum absolute atomic E-state index is 7.45. The molecule has 0 amide bonds. The zero-order valence-electron chi connectivity index (χ0n) is 22.9. The van der Waals surface area contributed by atoms with E-state index in [1.165, 1.54) is 23.1 Å². The van der Waals surface area contributed by atoms with Crippen LogP contribution < -0.4 is 20.1 Å². The summed E-state index contributed by atoms with van der Waals surface area (Å²) in [5, 5.41) is 12.0. The van der Waals surface area contributed by atoms with Crippen molar-refractivity contribution in [1.29, 1.82) is 5.41 Å². The van der Waals surface area contributed by atoms with Crippen LogP contribution in [-0.2, 0) is 17.4 Å². The van der Waals surface area contributed by atoms with Gasteiger partial charge in [0.2, 0.25) is 0 Å². The van der Waals surface area contributed by atoms with E-state index in [-0.39, 0.29) is 0 Å². The van der Waals surface area contributed by atoms with E-state index < -0.39 is 8.60 Å². The van der Waals surface area contributed by atoms with Gasteiger partial charge in [-0.2, -0.15) is 0 Å². The summed E-state index contributed by atoms with van der Waals surface area (Å²) in [6, 6.07) is 24.5. The summed E-state index contributed by atoms with van der Waals surface area (Å²) >= 11 is 1.79. The van der Waals surface area contributed by atoms with Gasteiger partial charge in [-0.1, -0.05) is 43.3 Å². The van der Waals surface area contributed by atoms with E-state index in [1.54, 1.807) is 24.8 Å². The Morgan fingerprint density at radius 2 is 1.68 bits per heavy atom. The molecular formula is C31H32N5O3PS. The second kappa shape index (κ2) is 13.5. The Morgan fingerprint density at radius 1 is 1.00 bits per heavy atom. The number of nitrogens with zero attached hydrogens (tertiary/aromatic N) is 2. The van der Waals surface area contributed by atoms with Gasteiger partial charge in [0.15, 0.2) is 0 Å². The summed E-state index contributed by atoms with van der Waals surface area (Å²) in [4.78, 5) is 11.4. The van der Waals surface area contributed by atoms with Crippen molar-refractivity contribution in [2.24, 2.45) is 5.92 Å². The summed E-state index contributed by atoms with van der Waals surface area (Å²) in [7, 11) is 0.156. The lowest BCUT2D eigenvalue weighted by Gasteiger charge is -2.18. The maximum Gasteiger partial charge on any atom is 0.462 e. The Labute approximate surface area is 245 Å². The van der Waals surface area contributed by atoms with Crippen LogP contribution in [0.25, 0.3) is 10.2 Å². The Hall–Kier alpha value is -4.04. The van der Waals surface area contributed by atoms with E-state index in [2.05, 4.69) is 22.2 Å². The van der Waals surface area contributed by atoms with E-state index in [0.29, 0.717) is 11.3 Å². The zero-order valence-corrected chi connectivity index (χ0v) is 24.6. The molecule has 0 radical (unpaired) electrons. The van der Waals surface area contributed by atoms with Gasteiger partial charge in [-0.15, -0.1) is 11.3 Å². The lowest BCUT2D eigenvalue weighted by atomic mass is 9.89. The molecule has 0 fully saturated rings. The molecule has 8 nitrogen and oxygen atoms in total. The lowest BCUT2D eigenvalue weighted by Crippen LogP contribution is -2.09. The normalized spacial score (nSPS) is 14.1. The molecule has 1 atom stereocenters. The number of rotatable bonds is 8. The quantitative estimate of drug-likeness (QED) is 0.0956. The van der Waals surface area contributed by atoms with Crippen molar-refractivity contribution in [1.82, 2.24) is 9.97 Å². The summed E-state index contributed by atoms with van der Waals surface area (Å²) in [5.41, 5.74) is 9.45. The molecule has 1 aliphatic carbocycles. The van der Waals surface area contributed by atoms with Gasteiger partial charge in [-0.3, -0.25) is 4.52 Å². The number of hydrogen-bond acceptors (Lipinski definition) is 9. The molecule has 0 saturated carbocycles. The third-order valence-corrected chi connectivity index (χ3v) is 8.77. The minimum atomic E-state index is -1.41. The first-order valence-electron chi connectivity index (χ1n) is 13.3. The number of anilines is 3. The molecule has 6 rings (SSSR count). The summed E-state index contributed by atoms with van der Waals surface area (Å²) in [6.07, 6.45) is 6.32.